The molecule has 3 heteroatoms. The van der Waals surface area contributed by atoms with Crippen LogP contribution < -0.4 is 0 Å². The molecule has 0 aromatic carbocycles. The molecule has 0 amide bonds. The van der Waals surface area contributed by atoms with Crippen molar-refractivity contribution in [1.82, 2.24) is 4.90 Å². The minimum absolute atomic E-state index is 0.0786. The van der Waals surface area contributed by atoms with E-state index in [9.17, 15) is 0 Å². The van der Waals surface area contributed by atoms with E-state index in [2.05, 4.69) is 24.1 Å². The predicted octanol–water partition coefficient (Wildman–Crippen LogP) is 0.856. The smallest absolute Gasteiger partial charge is 0.0944 e. The number of hydrogen-bond acceptors (Lipinski definition) is 2. The van der Waals surface area contributed by atoms with Gasteiger partial charge in [0, 0.05) is 8.80 Å². The zero-order chi connectivity index (χ0) is 8.15. The van der Waals surface area contributed by atoms with Gasteiger partial charge < -0.3 is 0 Å². The van der Waals surface area contributed by atoms with Crippen molar-refractivity contribution in [3.05, 3.63) is 0 Å². The van der Waals surface area contributed by atoms with E-state index in [1.165, 1.54) is 0 Å². The lowest BCUT2D eigenvalue weighted by molar-refractivity contribution is 0.348. The Labute approximate surface area is 65.1 Å². The fourth-order valence-electron chi connectivity index (χ4n) is 0.833. The van der Waals surface area contributed by atoms with E-state index >= 15 is 0 Å². The molecule has 0 bridgehead atoms. The lowest BCUT2D eigenvalue weighted by Crippen LogP contribution is -2.34. The Morgan fingerprint density at radius 1 is 1.60 bits per heavy atom. The fraction of sp³-hybridized carbons (Fsp3) is 0.857. The minimum atomic E-state index is -0.524. The molecule has 0 aliphatic rings. The summed E-state index contributed by atoms with van der Waals surface area (Å²) in [6.45, 7) is 6.53. The molecule has 0 spiro atoms. The molecule has 0 fully saturated rings. The maximum absolute atomic E-state index is 8.54. The highest BCUT2D eigenvalue weighted by Crippen LogP contribution is 1.94. The van der Waals surface area contributed by atoms with E-state index in [-0.39, 0.29) is 6.04 Å². The molecule has 10 heavy (non-hydrogen) atoms. The first-order valence-electron chi connectivity index (χ1n) is 3.67. The van der Waals surface area contributed by atoms with Gasteiger partial charge in [-0.25, -0.2) is 0 Å². The molecule has 2 nitrogen and oxygen atoms in total. The summed E-state index contributed by atoms with van der Waals surface area (Å²) in [7, 11) is 1.49. The van der Waals surface area contributed by atoms with Gasteiger partial charge in [0.25, 0.3) is 0 Å². The topological polar surface area (TPSA) is 27.0 Å². The highest BCUT2D eigenvalue weighted by atomic mass is 28.3. The summed E-state index contributed by atoms with van der Waals surface area (Å²) in [4.78, 5) is 2.12. The van der Waals surface area contributed by atoms with Gasteiger partial charge >= 0.3 is 0 Å². The summed E-state index contributed by atoms with van der Waals surface area (Å²) in [6.07, 6.45) is 1.13. The Balaban J connectivity index is 3.64. The second-order valence-electron chi connectivity index (χ2n) is 3.14. The van der Waals surface area contributed by atoms with Crippen LogP contribution in [-0.2, 0) is 0 Å². The maximum atomic E-state index is 8.54. The SMILES string of the molecule is CC(C#N)N(C)C[SiH](C)C. The van der Waals surface area contributed by atoms with Crippen LogP contribution in [0.25, 0.3) is 0 Å². The molecule has 0 N–H and O–H groups in total. The Morgan fingerprint density at radius 3 is 2.40 bits per heavy atom. The van der Waals surface area contributed by atoms with Crippen molar-refractivity contribution in [2.45, 2.75) is 26.1 Å². The first-order chi connectivity index (χ1) is 4.57. The van der Waals surface area contributed by atoms with Crippen molar-refractivity contribution in [2.75, 3.05) is 13.2 Å². The Hall–Kier alpha value is -0.333. The monoisotopic (exact) mass is 156 g/mol. The van der Waals surface area contributed by atoms with Gasteiger partial charge in [-0.1, -0.05) is 13.1 Å². The van der Waals surface area contributed by atoms with Gasteiger partial charge in [0.05, 0.1) is 12.1 Å². The largest absolute Gasteiger partial charge is 0.295 e. The molecule has 0 radical (unpaired) electrons. The second-order valence-corrected chi connectivity index (χ2v) is 6.29. The van der Waals surface area contributed by atoms with Crippen LogP contribution in [0.5, 0.6) is 0 Å². The van der Waals surface area contributed by atoms with E-state index in [1.807, 2.05) is 14.0 Å². The van der Waals surface area contributed by atoms with Crippen molar-refractivity contribution in [3.63, 3.8) is 0 Å². The molecule has 0 saturated heterocycles. The van der Waals surface area contributed by atoms with Crippen LogP contribution in [0.2, 0.25) is 13.1 Å². The van der Waals surface area contributed by atoms with E-state index in [0.717, 1.165) is 6.17 Å². The van der Waals surface area contributed by atoms with Gasteiger partial charge in [0.15, 0.2) is 0 Å². The minimum Gasteiger partial charge on any atom is -0.295 e. The third kappa shape index (κ3) is 3.65. The Kier molecular flexibility index (Phi) is 4.33. The summed E-state index contributed by atoms with van der Waals surface area (Å²) in [5.41, 5.74) is 0. The van der Waals surface area contributed by atoms with Gasteiger partial charge in [-0.2, -0.15) is 5.26 Å². The van der Waals surface area contributed by atoms with Gasteiger partial charge in [-0.05, 0) is 20.1 Å². The van der Waals surface area contributed by atoms with E-state index < -0.39 is 8.80 Å². The van der Waals surface area contributed by atoms with Crippen LogP contribution in [0.1, 0.15) is 6.92 Å². The lowest BCUT2D eigenvalue weighted by Gasteiger charge is -2.20. The zero-order valence-electron chi connectivity index (χ0n) is 7.26. The highest BCUT2D eigenvalue weighted by Gasteiger charge is 2.08. The van der Waals surface area contributed by atoms with E-state index in [4.69, 9.17) is 5.26 Å². The number of nitriles is 1. The van der Waals surface area contributed by atoms with Crippen LogP contribution in [0.15, 0.2) is 0 Å². The molecular formula is C7H16N2Si. The summed E-state index contributed by atoms with van der Waals surface area (Å²) in [6, 6.07) is 2.30. The van der Waals surface area contributed by atoms with Gasteiger partial charge in [-0.15, -0.1) is 0 Å². The number of nitrogens with zero attached hydrogens (tertiary/aromatic N) is 2. The molecule has 0 aromatic heterocycles. The average molecular weight is 156 g/mol. The number of rotatable bonds is 3. The predicted molar refractivity (Wildman–Crippen MR) is 46.6 cm³/mol. The summed E-state index contributed by atoms with van der Waals surface area (Å²) in [5.74, 6) is 0. The van der Waals surface area contributed by atoms with Gasteiger partial charge in [0.1, 0.15) is 0 Å². The zero-order valence-corrected chi connectivity index (χ0v) is 8.41. The van der Waals surface area contributed by atoms with Crippen LogP contribution in [0.4, 0.5) is 0 Å². The first-order valence-corrected chi connectivity index (χ1v) is 6.80. The third-order valence-electron chi connectivity index (χ3n) is 1.50. The molecule has 58 valence electrons. The lowest BCUT2D eigenvalue weighted by atomic mass is 10.4. The van der Waals surface area contributed by atoms with Crippen molar-refractivity contribution >= 4 is 8.80 Å². The van der Waals surface area contributed by atoms with Gasteiger partial charge in [-0.3, -0.25) is 4.90 Å². The van der Waals surface area contributed by atoms with E-state index in [0.29, 0.717) is 0 Å². The van der Waals surface area contributed by atoms with Crippen LogP contribution >= 0.6 is 0 Å². The molecular weight excluding hydrogens is 140 g/mol. The van der Waals surface area contributed by atoms with Crippen molar-refractivity contribution in [1.29, 1.82) is 5.26 Å². The molecule has 0 aromatic rings. The number of hydrogen-bond donors (Lipinski definition) is 0. The summed E-state index contributed by atoms with van der Waals surface area (Å²) < 4.78 is 0. The average Bonchev–Trinajstić information content (AvgIpc) is 1.85. The Morgan fingerprint density at radius 2 is 2.10 bits per heavy atom. The van der Waals surface area contributed by atoms with E-state index in [1.54, 1.807) is 0 Å². The normalized spacial score (nSPS) is 13.7. The summed E-state index contributed by atoms with van der Waals surface area (Å²) >= 11 is 0. The second kappa shape index (κ2) is 4.48. The molecule has 0 aliphatic heterocycles. The molecule has 0 saturated carbocycles. The highest BCUT2D eigenvalue weighted by molar-refractivity contribution is 6.55. The maximum Gasteiger partial charge on any atom is 0.0944 e. The molecule has 1 unspecified atom stereocenters. The van der Waals surface area contributed by atoms with Crippen molar-refractivity contribution < 1.29 is 0 Å². The van der Waals surface area contributed by atoms with Crippen molar-refractivity contribution in [2.24, 2.45) is 0 Å². The molecule has 1 atom stereocenters. The van der Waals surface area contributed by atoms with Crippen molar-refractivity contribution in [3.8, 4) is 6.07 Å². The standard InChI is InChI=1S/C7H16N2Si/c1-7(5-8)9(2)6-10(3)4/h7,10H,6H2,1-4H3. The van der Waals surface area contributed by atoms with Crippen LogP contribution in [0, 0.1) is 11.3 Å². The molecule has 0 rings (SSSR count). The Bertz CT molecular complexity index is 128. The quantitative estimate of drug-likeness (QED) is 0.567. The van der Waals surface area contributed by atoms with Crippen LogP contribution in [0.3, 0.4) is 0 Å². The fourth-order valence-corrected chi connectivity index (χ4v) is 2.30. The van der Waals surface area contributed by atoms with Gasteiger partial charge in [0.2, 0.25) is 0 Å². The van der Waals surface area contributed by atoms with Crippen LogP contribution in [-0.4, -0.2) is 33.0 Å². The molecule has 0 aliphatic carbocycles. The summed E-state index contributed by atoms with van der Waals surface area (Å²) in [5, 5.41) is 8.54. The third-order valence-corrected chi connectivity index (χ3v) is 2.81. The molecule has 0 heterocycles. The first kappa shape index (κ1) is 9.67.